The van der Waals surface area contributed by atoms with E-state index in [1.165, 1.54) is 7.11 Å². The Morgan fingerprint density at radius 3 is 2.59 bits per heavy atom. The number of piperazine rings is 1. The van der Waals surface area contributed by atoms with Crippen LogP contribution in [0.4, 0.5) is 0 Å². The van der Waals surface area contributed by atoms with Gasteiger partial charge >= 0.3 is 5.97 Å². The number of nitrogens with zero attached hydrogens (tertiary/aromatic N) is 2. The first kappa shape index (κ1) is 25.7. The summed E-state index contributed by atoms with van der Waals surface area (Å²) in [6, 6.07) is 14.0. The third kappa shape index (κ3) is 8.15. The fourth-order valence-electron chi connectivity index (χ4n) is 4.00. The second-order valence-corrected chi connectivity index (χ2v) is 8.72. The minimum atomic E-state index is -0.204. The van der Waals surface area contributed by atoms with Crippen molar-refractivity contribution in [2.24, 2.45) is 0 Å². The molecule has 0 saturated carbocycles. The van der Waals surface area contributed by atoms with Crippen molar-refractivity contribution in [1.82, 2.24) is 15.1 Å². The molecule has 1 heterocycles. The van der Waals surface area contributed by atoms with E-state index in [0.29, 0.717) is 25.0 Å². The van der Waals surface area contributed by atoms with Gasteiger partial charge in [0.25, 0.3) is 0 Å². The average Bonchev–Trinajstić information content (AvgIpc) is 2.86. The molecule has 0 radical (unpaired) electrons. The second kappa shape index (κ2) is 13.7. The van der Waals surface area contributed by atoms with Gasteiger partial charge in [0.15, 0.2) is 0 Å². The fraction of sp³-hybridized carbons (Fsp3) is 0.481. The van der Waals surface area contributed by atoms with Gasteiger partial charge in [0, 0.05) is 51.1 Å². The topological polar surface area (TPSA) is 71.1 Å². The van der Waals surface area contributed by atoms with E-state index >= 15 is 0 Å². The van der Waals surface area contributed by atoms with Gasteiger partial charge in [-0.05, 0) is 37.8 Å². The molecule has 0 aromatic heterocycles. The van der Waals surface area contributed by atoms with Crippen molar-refractivity contribution in [2.75, 3.05) is 60.0 Å². The van der Waals surface area contributed by atoms with E-state index in [1.807, 2.05) is 48.5 Å². The number of rotatable bonds is 12. The average molecular weight is 468 g/mol. The van der Waals surface area contributed by atoms with Gasteiger partial charge in [0.1, 0.15) is 12.4 Å². The van der Waals surface area contributed by atoms with Crippen molar-refractivity contribution in [3.05, 3.63) is 54.1 Å². The second-order valence-electron chi connectivity index (χ2n) is 8.72. The number of fused-ring (bicyclic) bond motifs is 1. The Morgan fingerprint density at radius 1 is 1.03 bits per heavy atom. The van der Waals surface area contributed by atoms with Crippen LogP contribution >= 0.6 is 0 Å². The number of hydrogen-bond acceptors (Lipinski definition) is 6. The van der Waals surface area contributed by atoms with Crippen LogP contribution < -0.4 is 10.1 Å². The van der Waals surface area contributed by atoms with Crippen molar-refractivity contribution in [3.8, 4) is 5.75 Å². The van der Waals surface area contributed by atoms with Crippen LogP contribution in [0.1, 0.15) is 25.7 Å². The number of benzene rings is 2. The fourth-order valence-corrected chi connectivity index (χ4v) is 4.00. The first-order valence-corrected chi connectivity index (χ1v) is 12.1. The molecule has 1 amide bonds. The van der Waals surface area contributed by atoms with Gasteiger partial charge in [0.2, 0.25) is 5.91 Å². The molecule has 1 aliphatic rings. The minimum absolute atomic E-state index is 0.0951. The first-order valence-electron chi connectivity index (χ1n) is 12.1. The number of methoxy groups -OCH3 is 1. The summed E-state index contributed by atoms with van der Waals surface area (Å²) in [5.41, 5.74) is 0.615. The van der Waals surface area contributed by atoms with Crippen LogP contribution in [0.15, 0.2) is 54.1 Å². The van der Waals surface area contributed by atoms with Gasteiger partial charge in [-0.15, -0.1) is 0 Å². The quantitative estimate of drug-likeness (QED) is 0.294. The van der Waals surface area contributed by atoms with Crippen molar-refractivity contribution in [1.29, 1.82) is 0 Å². The largest absolute Gasteiger partial charge is 0.488 e. The smallest absolute Gasteiger partial charge is 0.305 e. The molecule has 2 aromatic carbocycles. The van der Waals surface area contributed by atoms with E-state index in [4.69, 9.17) is 9.47 Å². The molecule has 7 heteroatoms. The molecule has 0 unspecified atom stereocenters. The molecular weight excluding hydrogens is 430 g/mol. The van der Waals surface area contributed by atoms with Crippen molar-refractivity contribution in [2.45, 2.75) is 25.7 Å². The van der Waals surface area contributed by atoms with Crippen LogP contribution in [-0.2, 0) is 14.3 Å². The summed E-state index contributed by atoms with van der Waals surface area (Å²) in [5, 5.41) is 5.19. The molecule has 2 aromatic rings. The summed E-state index contributed by atoms with van der Waals surface area (Å²) >= 11 is 0. The summed E-state index contributed by atoms with van der Waals surface area (Å²) in [4.78, 5) is 29.0. The molecule has 1 N–H and O–H groups in total. The normalized spacial score (nSPS) is 15.3. The number of nitrogens with one attached hydrogen (secondary N) is 1. The Labute approximate surface area is 202 Å². The lowest BCUT2D eigenvalue weighted by Gasteiger charge is -2.32. The Hall–Kier alpha value is -2.90. The molecule has 0 aliphatic carbocycles. The number of amides is 1. The van der Waals surface area contributed by atoms with Crippen LogP contribution in [0, 0.1) is 0 Å². The molecule has 1 fully saturated rings. The zero-order chi connectivity index (χ0) is 24.2. The lowest BCUT2D eigenvalue weighted by atomic mass is 10.1. The number of carbonyl (C=O) groups is 2. The molecule has 0 bridgehead atoms. The van der Waals surface area contributed by atoms with Crippen molar-refractivity contribution in [3.63, 3.8) is 0 Å². The van der Waals surface area contributed by atoms with Crippen molar-refractivity contribution < 1.29 is 19.1 Å². The molecule has 1 saturated heterocycles. The number of unbranched alkanes of at least 4 members (excludes halogenated alkanes) is 2. The van der Waals surface area contributed by atoms with Gasteiger partial charge < -0.3 is 19.7 Å². The minimum Gasteiger partial charge on any atom is -0.488 e. The predicted molar refractivity (Wildman–Crippen MR) is 135 cm³/mol. The summed E-state index contributed by atoms with van der Waals surface area (Å²) in [5.74, 6) is 0.465. The standard InChI is InChI=1S/C27H37N3O4/c1-29-17-19-30(20-18-29)16-15-28-27(32)23(10-4-3-5-14-26(31)33-2)21-34-25-13-8-11-22-9-6-7-12-24(22)25/h6-13H,3-5,14-21H2,1-2H3,(H,28,32)/b23-10+. The summed E-state index contributed by atoms with van der Waals surface area (Å²) in [7, 11) is 3.54. The van der Waals surface area contributed by atoms with Gasteiger partial charge in [0.05, 0.1) is 12.7 Å². The van der Waals surface area contributed by atoms with E-state index in [0.717, 1.165) is 62.1 Å². The molecule has 0 atom stereocenters. The lowest BCUT2D eigenvalue weighted by Crippen LogP contribution is -2.47. The highest BCUT2D eigenvalue weighted by Gasteiger charge is 2.15. The molecule has 3 rings (SSSR count). The first-order chi connectivity index (χ1) is 16.6. The highest BCUT2D eigenvalue weighted by molar-refractivity contribution is 5.94. The number of carbonyl (C=O) groups excluding carboxylic acids is 2. The third-order valence-corrected chi connectivity index (χ3v) is 6.19. The summed E-state index contributed by atoms with van der Waals surface area (Å²) in [6.07, 6.45) is 4.57. The molecular formula is C27H37N3O4. The van der Waals surface area contributed by atoms with Gasteiger partial charge in [-0.25, -0.2) is 0 Å². The Morgan fingerprint density at radius 2 is 1.79 bits per heavy atom. The van der Waals surface area contributed by atoms with E-state index in [9.17, 15) is 9.59 Å². The number of esters is 1. The number of allylic oxidation sites excluding steroid dienone is 1. The number of likely N-dealkylation sites (N-methyl/N-ethyl adjacent to an activating group) is 1. The van der Waals surface area contributed by atoms with Crippen molar-refractivity contribution >= 4 is 22.6 Å². The molecule has 1 aliphatic heterocycles. The molecule has 34 heavy (non-hydrogen) atoms. The van der Waals surface area contributed by atoms with Gasteiger partial charge in [-0.1, -0.05) is 42.5 Å². The highest BCUT2D eigenvalue weighted by Crippen LogP contribution is 2.25. The summed E-state index contributed by atoms with van der Waals surface area (Å²) in [6.45, 7) is 5.82. The van der Waals surface area contributed by atoms with E-state index in [1.54, 1.807) is 0 Å². The molecule has 184 valence electrons. The van der Waals surface area contributed by atoms with E-state index in [2.05, 4.69) is 22.2 Å². The number of hydrogen-bond donors (Lipinski definition) is 1. The van der Waals surface area contributed by atoms with Crippen LogP contribution in [0.5, 0.6) is 5.75 Å². The van der Waals surface area contributed by atoms with Crippen LogP contribution in [0.3, 0.4) is 0 Å². The Balaban J connectivity index is 1.57. The van der Waals surface area contributed by atoms with Gasteiger partial charge in [-0.2, -0.15) is 0 Å². The Kier molecular flexibility index (Phi) is 10.4. The highest BCUT2D eigenvalue weighted by atomic mass is 16.5. The third-order valence-electron chi connectivity index (χ3n) is 6.19. The zero-order valence-corrected chi connectivity index (χ0v) is 20.4. The Bertz CT molecular complexity index is 962. The van der Waals surface area contributed by atoms with Crippen LogP contribution in [-0.4, -0.2) is 81.7 Å². The maximum Gasteiger partial charge on any atom is 0.305 e. The van der Waals surface area contributed by atoms with Gasteiger partial charge in [-0.3, -0.25) is 14.5 Å². The zero-order valence-electron chi connectivity index (χ0n) is 20.4. The van der Waals surface area contributed by atoms with E-state index in [-0.39, 0.29) is 18.5 Å². The van der Waals surface area contributed by atoms with Crippen LogP contribution in [0.2, 0.25) is 0 Å². The number of ether oxygens (including phenoxy) is 2. The molecule has 7 nitrogen and oxygen atoms in total. The maximum atomic E-state index is 13.0. The van der Waals surface area contributed by atoms with E-state index < -0.39 is 0 Å². The molecule has 0 spiro atoms. The monoisotopic (exact) mass is 467 g/mol. The SMILES string of the molecule is COC(=O)CCCC/C=C(\COc1cccc2ccccc12)C(=O)NCCN1CCN(C)CC1. The van der Waals surface area contributed by atoms with Crippen LogP contribution in [0.25, 0.3) is 10.8 Å². The predicted octanol–water partition coefficient (Wildman–Crippen LogP) is 3.24. The summed E-state index contributed by atoms with van der Waals surface area (Å²) < 4.78 is 10.8. The maximum absolute atomic E-state index is 13.0. The lowest BCUT2D eigenvalue weighted by molar-refractivity contribution is -0.140.